The first kappa shape index (κ1) is 94.0. The Kier molecular flexibility index (Phi) is 104. The van der Waals surface area contributed by atoms with Crippen LogP contribution >= 0.6 is 0 Å². The molecule has 0 saturated carbocycles. The van der Waals surface area contributed by atoms with E-state index in [0.717, 1.165) is 51.4 Å². The second-order valence-electron chi connectivity index (χ2n) is 24.3. The van der Waals surface area contributed by atoms with Gasteiger partial charge in [0.05, 0.1) is 0 Å². The summed E-state index contributed by atoms with van der Waals surface area (Å²) in [5, 5.41) is 40.9. The SMILES string of the molecule is CCCCCCCCCCCCCCCCCC(=O)[O-].CCCCCCCCCCCCCCCCCC(=O)[O-].CCCCCCCCCCCCCCCCCC(=O)[O-].CCCCCCCCCCCCCCCCCC(=O)[O-].[Sr+2].[Sr+2]. The van der Waals surface area contributed by atoms with Crippen LogP contribution in [-0.2, 0) is 19.2 Å². The van der Waals surface area contributed by atoms with E-state index in [0.29, 0.717) is 0 Å². The molecule has 0 spiro atoms. The van der Waals surface area contributed by atoms with Gasteiger partial charge in [-0.3, -0.25) is 0 Å². The van der Waals surface area contributed by atoms with Crippen LogP contribution in [0.3, 0.4) is 0 Å². The molecule has 0 aliphatic heterocycles. The summed E-state index contributed by atoms with van der Waals surface area (Å²) in [6.45, 7) is 9.07. The molecule has 0 aromatic carbocycles. The molecule has 0 bridgehead atoms. The standard InChI is InChI=1S/4C18H36O2.2Sr/c4*1-2-3-4-5-6-7-8-9-10-11-12-13-14-15-16-17-18(19)20;;/h4*2-17H2,1H3,(H,19,20);;/q;;;;2*+2/p-4. The molecular formula is C72H140O8Sr2. The zero-order valence-corrected chi connectivity index (χ0v) is 62.9. The van der Waals surface area contributed by atoms with E-state index in [9.17, 15) is 39.6 Å². The molecule has 0 aromatic rings. The minimum atomic E-state index is -0.903. The van der Waals surface area contributed by atoms with Gasteiger partial charge >= 0.3 is 91.0 Å². The summed E-state index contributed by atoms with van der Waals surface area (Å²) in [6, 6.07) is 0. The third kappa shape index (κ3) is 109. The van der Waals surface area contributed by atoms with Crippen molar-refractivity contribution in [3.05, 3.63) is 0 Å². The molecule has 0 heterocycles. The molecular weight excluding hydrogens is 1170 g/mol. The molecule has 0 radical (unpaired) electrons. The summed E-state index contributed by atoms with van der Waals surface area (Å²) in [5.41, 5.74) is 0. The van der Waals surface area contributed by atoms with Crippen molar-refractivity contribution in [2.24, 2.45) is 0 Å². The molecule has 0 amide bonds. The number of carbonyl (C=O) groups excluding carboxylic acids is 4. The summed E-state index contributed by atoms with van der Waals surface area (Å²) < 4.78 is 0. The van der Waals surface area contributed by atoms with Crippen LogP contribution in [0.1, 0.15) is 439 Å². The fourth-order valence-corrected chi connectivity index (χ4v) is 10.6. The Balaban J connectivity index is -0.000000233. The molecule has 10 heteroatoms. The maximum Gasteiger partial charge on any atom is 2.00 e. The molecule has 0 aliphatic carbocycles. The van der Waals surface area contributed by atoms with Gasteiger partial charge in [0.25, 0.3) is 0 Å². The first-order valence-corrected chi connectivity index (χ1v) is 35.9. The van der Waals surface area contributed by atoms with Crippen molar-refractivity contribution in [2.45, 2.75) is 439 Å². The van der Waals surface area contributed by atoms with Crippen molar-refractivity contribution in [1.82, 2.24) is 0 Å². The number of carbonyl (C=O) groups is 4. The Labute approximate surface area is 586 Å². The Morgan fingerprint density at radius 2 is 0.232 bits per heavy atom. The van der Waals surface area contributed by atoms with Gasteiger partial charge in [-0.15, -0.1) is 0 Å². The van der Waals surface area contributed by atoms with Crippen molar-refractivity contribution < 1.29 is 39.6 Å². The number of carboxylic acid groups (broad SMARTS) is 4. The molecule has 0 atom stereocenters. The average Bonchev–Trinajstić information content (AvgIpc) is 3.43. The Hall–Kier alpha value is 0.841. The zero-order chi connectivity index (χ0) is 59.6. The van der Waals surface area contributed by atoms with Crippen LogP contribution in [0.4, 0.5) is 0 Å². The van der Waals surface area contributed by atoms with Crippen LogP contribution in [0.2, 0.25) is 0 Å². The van der Waals surface area contributed by atoms with Gasteiger partial charge in [0.1, 0.15) is 0 Å². The fraction of sp³-hybridized carbons (Fsp3) is 0.944. The van der Waals surface area contributed by atoms with Crippen molar-refractivity contribution in [3.63, 3.8) is 0 Å². The maximum atomic E-state index is 10.2. The smallest absolute Gasteiger partial charge is 0.550 e. The Morgan fingerprint density at radius 1 is 0.159 bits per heavy atom. The van der Waals surface area contributed by atoms with Crippen molar-refractivity contribution >= 4 is 115 Å². The second-order valence-corrected chi connectivity index (χ2v) is 24.3. The van der Waals surface area contributed by atoms with Gasteiger partial charge in [0.2, 0.25) is 0 Å². The topological polar surface area (TPSA) is 161 Å². The molecule has 0 saturated heterocycles. The van der Waals surface area contributed by atoms with Crippen molar-refractivity contribution in [1.29, 1.82) is 0 Å². The van der Waals surface area contributed by atoms with Gasteiger partial charge in [-0.05, 0) is 51.4 Å². The van der Waals surface area contributed by atoms with E-state index in [1.807, 2.05) is 0 Å². The number of carboxylic acids is 4. The van der Waals surface area contributed by atoms with E-state index in [1.54, 1.807) is 0 Å². The number of unbranched alkanes of at least 4 members (excludes halogenated alkanes) is 56. The maximum absolute atomic E-state index is 10.2. The van der Waals surface area contributed by atoms with Gasteiger partial charge in [0, 0.05) is 23.9 Å². The predicted molar refractivity (Wildman–Crippen MR) is 350 cm³/mol. The second kappa shape index (κ2) is 90.6. The Bertz CT molecular complexity index is 996. The molecule has 0 unspecified atom stereocenters. The first-order valence-electron chi connectivity index (χ1n) is 35.9. The van der Waals surface area contributed by atoms with Gasteiger partial charge in [-0.2, -0.15) is 0 Å². The van der Waals surface area contributed by atoms with Gasteiger partial charge in [0.15, 0.2) is 0 Å². The normalized spacial score (nSPS) is 10.6. The first-order chi connectivity index (χ1) is 39.1. The predicted octanol–water partition coefficient (Wildman–Crippen LogP) is 19.2. The fourth-order valence-electron chi connectivity index (χ4n) is 10.6. The van der Waals surface area contributed by atoms with Crippen LogP contribution in [0.5, 0.6) is 0 Å². The largest absolute Gasteiger partial charge is 2.00 e. The van der Waals surface area contributed by atoms with Crippen molar-refractivity contribution in [3.8, 4) is 0 Å². The monoisotopic (exact) mass is 1310 g/mol. The van der Waals surface area contributed by atoms with Crippen molar-refractivity contribution in [2.75, 3.05) is 0 Å². The molecule has 0 aliphatic rings. The summed E-state index contributed by atoms with van der Waals surface area (Å²) in [4.78, 5) is 40.9. The number of hydrogen-bond donors (Lipinski definition) is 0. The number of hydrogen-bond acceptors (Lipinski definition) is 8. The van der Waals surface area contributed by atoms with E-state index in [-0.39, 0.29) is 117 Å². The van der Waals surface area contributed by atoms with Gasteiger partial charge < -0.3 is 39.6 Å². The minimum Gasteiger partial charge on any atom is -0.550 e. The summed E-state index contributed by atoms with van der Waals surface area (Å²) >= 11 is 0. The third-order valence-corrected chi connectivity index (χ3v) is 15.9. The van der Waals surface area contributed by atoms with Crippen LogP contribution in [-0.4, -0.2) is 115 Å². The minimum absolute atomic E-state index is 0. The van der Waals surface area contributed by atoms with Crippen LogP contribution < -0.4 is 20.4 Å². The molecule has 0 rings (SSSR count). The van der Waals surface area contributed by atoms with Crippen LogP contribution in [0, 0.1) is 0 Å². The molecule has 0 aromatic heterocycles. The molecule has 8 nitrogen and oxygen atoms in total. The third-order valence-electron chi connectivity index (χ3n) is 15.9. The van der Waals surface area contributed by atoms with E-state index in [1.165, 1.54) is 334 Å². The average molecular weight is 1310 g/mol. The number of rotatable bonds is 64. The van der Waals surface area contributed by atoms with E-state index >= 15 is 0 Å². The molecule has 0 N–H and O–H groups in total. The van der Waals surface area contributed by atoms with Gasteiger partial charge in [-0.1, -0.05) is 387 Å². The zero-order valence-electron chi connectivity index (χ0n) is 55.9. The number of aliphatic carboxylic acids is 4. The molecule has 82 heavy (non-hydrogen) atoms. The summed E-state index contributed by atoms with van der Waals surface area (Å²) in [7, 11) is 0. The van der Waals surface area contributed by atoms with E-state index in [4.69, 9.17) is 0 Å². The van der Waals surface area contributed by atoms with E-state index < -0.39 is 23.9 Å². The molecule has 480 valence electrons. The van der Waals surface area contributed by atoms with Crippen LogP contribution in [0.15, 0.2) is 0 Å². The quantitative estimate of drug-likeness (QED) is 0.0430. The van der Waals surface area contributed by atoms with Gasteiger partial charge in [-0.25, -0.2) is 0 Å². The van der Waals surface area contributed by atoms with E-state index in [2.05, 4.69) is 27.7 Å². The molecule has 0 fully saturated rings. The summed E-state index contributed by atoms with van der Waals surface area (Å²) in [6.07, 6.45) is 79.4. The summed E-state index contributed by atoms with van der Waals surface area (Å²) in [5.74, 6) is -3.61. The Morgan fingerprint density at radius 3 is 0.305 bits per heavy atom. The van der Waals surface area contributed by atoms with Crippen LogP contribution in [0.25, 0.3) is 0 Å².